The lowest BCUT2D eigenvalue weighted by atomic mass is 9.84. The van der Waals surface area contributed by atoms with Crippen LogP contribution in [0, 0.1) is 18.8 Å². The van der Waals surface area contributed by atoms with Gasteiger partial charge in [0.2, 0.25) is 5.78 Å². The van der Waals surface area contributed by atoms with E-state index >= 15 is 0 Å². The number of carbonyl (C=O) groups excluding carboxylic acids is 3. The summed E-state index contributed by atoms with van der Waals surface area (Å²) in [6.07, 6.45) is -3.65. The van der Waals surface area contributed by atoms with Crippen molar-refractivity contribution < 1.29 is 32.3 Å². The zero-order valence-electron chi connectivity index (χ0n) is 22.5. The van der Waals surface area contributed by atoms with E-state index in [4.69, 9.17) is 27.9 Å². The lowest BCUT2D eigenvalue weighted by Gasteiger charge is -2.36. The number of benzene rings is 2. The van der Waals surface area contributed by atoms with Crippen LogP contribution in [0.1, 0.15) is 64.2 Å². The van der Waals surface area contributed by atoms with Gasteiger partial charge in [-0.1, -0.05) is 30.1 Å². The fourth-order valence-electron chi connectivity index (χ4n) is 5.33. The Morgan fingerprint density at radius 3 is 2.45 bits per heavy atom. The van der Waals surface area contributed by atoms with Gasteiger partial charge >= 0.3 is 12.1 Å². The van der Waals surface area contributed by atoms with Crippen molar-refractivity contribution >= 4 is 51.8 Å². The molecule has 2 aromatic carbocycles. The van der Waals surface area contributed by atoms with Crippen molar-refractivity contribution in [3.05, 3.63) is 68.3 Å². The standard InChI is InChI=1S/C29H29Cl2F3N2O4/c1-5-40-24(37)11-17-8-9-36(14-16(17)3)28(39)19-6-7-21(30)25(26(19)31)27(38)23-13-20-15(2)10-18(29(32,33)34)12-22(20)35(23)4/h6-7,10,12-13,16-17H,5,8-9,11,14H2,1-4H3/t16-,17-/m1/s1. The van der Waals surface area contributed by atoms with Crippen LogP contribution in [0.2, 0.25) is 10.0 Å². The topological polar surface area (TPSA) is 68.6 Å². The quantitative estimate of drug-likeness (QED) is 0.225. The molecule has 4 rings (SSSR count). The second kappa shape index (κ2) is 11.4. The lowest BCUT2D eigenvalue weighted by Crippen LogP contribution is -2.43. The van der Waals surface area contributed by atoms with Gasteiger partial charge in [0.1, 0.15) is 0 Å². The molecular weight excluding hydrogens is 568 g/mol. The molecule has 0 aliphatic carbocycles. The van der Waals surface area contributed by atoms with E-state index in [2.05, 4.69) is 0 Å². The molecule has 0 bridgehead atoms. The molecule has 1 saturated heterocycles. The summed E-state index contributed by atoms with van der Waals surface area (Å²) in [5, 5.41) is 0.380. The first-order valence-electron chi connectivity index (χ1n) is 12.9. The Bertz CT molecular complexity index is 1500. The van der Waals surface area contributed by atoms with Crippen LogP contribution in [0.15, 0.2) is 30.3 Å². The third-order valence-electron chi connectivity index (χ3n) is 7.58. The number of rotatable bonds is 6. The van der Waals surface area contributed by atoms with Crippen molar-refractivity contribution in [1.82, 2.24) is 9.47 Å². The molecule has 11 heteroatoms. The van der Waals surface area contributed by atoms with E-state index < -0.39 is 17.5 Å². The molecule has 2 heterocycles. The van der Waals surface area contributed by atoms with E-state index in [9.17, 15) is 27.6 Å². The third-order valence-corrected chi connectivity index (χ3v) is 8.29. The number of amides is 1. The Morgan fingerprint density at radius 1 is 1.12 bits per heavy atom. The summed E-state index contributed by atoms with van der Waals surface area (Å²) in [6.45, 7) is 6.38. The monoisotopic (exact) mass is 596 g/mol. The number of carbonyl (C=O) groups is 3. The van der Waals surface area contributed by atoms with E-state index in [1.807, 2.05) is 6.92 Å². The first-order valence-corrected chi connectivity index (χ1v) is 13.6. The van der Waals surface area contributed by atoms with Gasteiger partial charge in [0.05, 0.1) is 39.0 Å². The van der Waals surface area contributed by atoms with Crippen molar-refractivity contribution in [2.75, 3.05) is 19.7 Å². The second-order valence-electron chi connectivity index (χ2n) is 10.2. The second-order valence-corrected chi connectivity index (χ2v) is 11.0. The van der Waals surface area contributed by atoms with Crippen molar-refractivity contribution in [3.63, 3.8) is 0 Å². The average Bonchev–Trinajstić information content (AvgIpc) is 3.21. The van der Waals surface area contributed by atoms with Crippen LogP contribution < -0.4 is 0 Å². The molecule has 3 aromatic rings. The molecule has 2 atom stereocenters. The van der Waals surface area contributed by atoms with Gasteiger partial charge in [-0.15, -0.1) is 0 Å². The zero-order valence-corrected chi connectivity index (χ0v) is 24.0. The van der Waals surface area contributed by atoms with Crippen LogP contribution in [-0.2, 0) is 22.8 Å². The lowest BCUT2D eigenvalue weighted by molar-refractivity contribution is -0.145. The molecule has 1 amide bonds. The Labute approximate surface area is 240 Å². The van der Waals surface area contributed by atoms with Gasteiger partial charge in [-0.05, 0) is 68.0 Å². The SMILES string of the molecule is CCOC(=O)C[C@H]1CCN(C(=O)c2ccc(Cl)c(C(=O)c3cc4c(C)cc(C(F)(F)F)cc4n3C)c2Cl)C[C@H]1C. The summed E-state index contributed by atoms with van der Waals surface area (Å²) in [5.74, 6) is -1.14. The number of likely N-dealkylation sites (tertiary alicyclic amines) is 1. The number of hydrogen-bond acceptors (Lipinski definition) is 4. The highest BCUT2D eigenvalue weighted by Crippen LogP contribution is 2.37. The van der Waals surface area contributed by atoms with Gasteiger partial charge in [0.15, 0.2) is 0 Å². The average molecular weight is 597 g/mol. The molecule has 40 heavy (non-hydrogen) atoms. The maximum Gasteiger partial charge on any atom is 0.416 e. The smallest absolute Gasteiger partial charge is 0.416 e. The highest BCUT2D eigenvalue weighted by molar-refractivity contribution is 6.42. The molecule has 0 radical (unpaired) electrons. The number of nitrogens with zero attached hydrogens (tertiary/aromatic N) is 2. The van der Waals surface area contributed by atoms with Crippen LogP contribution in [0.4, 0.5) is 13.2 Å². The fourth-order valence-corrected chi connectivity index (χ4v) is 5.95. The summed E-state index contributed by atoms with van der Waals surface area (Å²) in [4.78, 5) is 40.7. The minimum absolute atomic E-state index is 0.0195. The van der Waals surface area contributed by atoms with Gasteiger partial charge < -0.3 is 14.2 Å². The number of piperidine rings is 1. The van der Waals surface area contributed by atoms with Crippen LogP contribution in [0.3, 0.4) is 0 Å². The van der Waals surface area contributed by atoms with Crippen molar-refractivity contribution in [2.45, 2.75) is 39.8 Å². The van der Waals surface area contributed by atoms with Crippen LogP contribution >= 0.6 is 23.2 Å². The predicted octanol–water partition coefficient (Wildman–Crippen LogP) is 7.09. The Balaban J connectivity index is 1.64. The molecule has 214 valence electrons. The Morgan fingerprint density at radius 2 is 1.82 bits per heavy atom. The van der Waals surface area contributed by atoms with E-state index in [0.717, 1.165) is 12.1 Å². The predicted molar refractivity (Wildman–Crippen MR) is 147 cm³/mol. The van der Waals surface area contributed by atoms with Crippen molar-refractivity contribution in [1.29, 1.82) is 0 Å². The van der Waals surface area contributed by atoms with Crippen molar-refractivity contribution in [2.24, 2.45) is 18.9 Å². The van der Waals surface area contributed by atoms with E-state index in [-0.39, 0.29) is 62.5 Å². The van der Waals surface area contributed by atoms with E-state index in [0.29, 0.717) is 37.1 Å². The Hall–Kier alpha value is -3.04. The van der Waals surface area contributed by atoms with Crippen molar-refractivity contribution in [3.8, 4) is 0 Å². The summed E-state index contributed by atoms with van der Waals surface area (Å²) in [7, 11) is 1.49. The summed E-state index contributed by atoms with van der Waals surface area (Å²) in [6, 6.07) is 6.41. The van der Waals surface area contributed by atoms with Crippen LogP contribution in [-0.4, -0.2) is 46.8 Å². The molecule has 0 unspecified atom stereocenters. The minimum Gasteiger partial charge on any atom is -0.466 e. The summed E-state index contributed by atoms with van der Waals surface area (Å²) >= 11 is 13.0. The normalized spacial score (nSPS) is 17.8. The van der Waals surface area contributed by atoms with E-state index in [1.165, 1.54) is 29.8 Å². The number of ketones is 1. The molecule has 1 aliphatic rings. The number of aromatic nitrogens is 1. The number of alkyl halides is 3. The summed E-state index contributed by atoms with van der Waals surface area (Å²) in [5.41, 5.74) is -0.143. The minimum atomic E-state index is -4.54. The van der Waals surface area contributed by atoms with Gasteiger partial charge in [-0.25, -0.2) is 0 Å². The highest BCUT2D eigenvalue weighted by atomic mass is 35.5. The first-order chi connectivity index (χ1) is 18.7. The molecular formula is C29H29Cl2F3N2O4. The first kappa shape index (κ1) is 29.9. The zero-order chi connectivity index (χ0) is 29.5. The maximum atomic E-state index is 13.7. The Kier molecular flexibility index (Phi) is 8.57. The number of aryl methyl sites for hydroxylation is 2. The molecule has 6 nitrogen and oxygen atoms in total. The highest BCUT2D eigenvalue weighted by Gasteiger charge is 2.34. The van der Waals surface area contributed by atoms with Gasteiger partial charge in [-0.2, -0.15) is 13.2 Å². The van der Waals surface area contributed by atoms with Crippen LogP contribution in [0.5, 0.6) is 0 Å². The van der Waals surface area contributed by atoms with Gasteiger partial charge in [0.25, 0.3) is 5.91 Å². The largest absolute Gasteiger partial charge is 0.466 e. The maximum absolute atomic E-state index is 13.7. The number of hydrogen-bond donors (Lipinski definition) is 0. The number of fused-ring (bicyclic) bond motifs is 1. The molecule has 0 spiro atoms. The summed E-state index contributed by atoms with van der Waals surface area (Å²) < 4.78 is 46.6. The van der Waals surface area contributed by atoms with E-state index in [1.54, 1.807) is 18.7 Å². The molecule has 0 N–H and O–H groups in total. The third kappa shape index (κ3) is 5.72. The molecule has 1 aliphatic heterocycles. The number of ether oxygens (including phenoxy) is 1. The number of halogens is 5. The molecule has 1 fully saturated rings. The van der Waals surface area contributed by atoms with Gasteiger partial charge in [-0.3, -0.25) is 14.4 Å². The molecule has 0 saturated carbocycles. The fraction of sp³-hybridized carbons (Fsp3) is 0.414. The number of esters is 1. The van der Waals surface area contributed by atoms with Crippen LogP contribution in [0.25, 0.3) is 10.9 Å². The molecule has 1 aromatic heterocycles. The van der Waals surface area contributed by atoms with Gasteiger partial charge in [0, 0.05) is 37.5 Å².